The number of hydrogen-bond donors (Lipinski definition) is 0. The molecule has 0 aliphatic carbocycles. The number of hydrogen-bond acceptors (Lipinski definition) is 2. The first-order valence-corrected chi connectivity index (χ1v) is 8.01. The summed E-state index contributed by atoms with van der Waals surface area (Å²) in [7, 11) is 3.43. The van der Waals surface area contributed by atoms with Gasteiger partial charge in [0.2, 0.25) is 0 Å². The van der Waals surface area contributed by atoms with Crippen LogP contribution in [0, 0.1) is 6.92 Å². The number of halogens is 1. The Bertz CT molecular complexity index is 695. The van der Waals surface area contributed by atoms with E-state index in [-0.39, 0.29) is 5.91 Å². The van der Waals surface area contributed by atoms with Gasteiger partial charge in [0, 0.05) is 24.2 Å². The predicted molar refractivity (Wildman–Crippen MR) is 94.6 cm³/mol. The minimum absolute atomic E-state index is 0.0151. The van der Waals surface area contributed by atoms with Gasteiger partial charge < -0.3 is 9.64 Å². The van der Waals surface area contributed by atoms with Crippen LogP contribution in [0.15, 0.2) is 36.4 Å². The highest BCUT2D eigenvalue weighted by molar-refractivity contribution is 6.30. The fourth-order valence-electron chi connectivity index (χ4n) is 2.44. The molecule has 1 amide bonds. The molecule has 0 N–H and O–H groups in total. The van der Waals surface area contributed by atoms with Gasteiger partial charge in [-0.25, -0.2) is 0 Å². The zero-order valence-electron chi connectivity index (χ0n) is 14.0. The molecule has 3 nitrogen and oxygen atoms in total. The number of amides is 1. The summed E-state index contributed by atoms with van der Waals surface area (Å²) in [5, 5.41) is 0.719. The SMILES string of the molecule is CCN(C)C(=O)c1cc(OC)cc(Cc2ccc(Cl)cc2)c1C. The lowest BCUT2D eigenvalue weighted by Gasteiger charge is -2.19. The molecule has 4 heteroatoms. The van der Waals surface area contributed by atoms with E-state index in [0.29, 0.717) is 17.9 Å². The van der Waals surface area contributed by atoms with Gasteiger partial charge in [-0.1, -0.05) is 23.7 Å². The van der Waals surface area contributed by atoms with Crippen molar-refractivity contribution in [1.82, 2.24) is 4.90 Å². The number of carbonyl (C=O) groups is 1. The van der Waals surface area contributed by atoms with Gasteiger partial charge in [-0.05, 0) is 61.2 Å². The summed E-state index contributed by atoms with van der Waals surface area (Å²) in [6.07, 6.45) is 0.732. The first kappa shape index (κ1) is 17.4. The zero-order valence-corrected chi connectivity index (χ0v) is 14.8. The van der Waals surface area contributed by atoms with E-state index in [0.717, 1.165) is 28.1 Å². The second-order valence-electron chi connectivity index (χ2n) is 5.58. The Kier molecular flexibility index (Phi) is 5.67. The van der Waals surface area contributed by atoms with Gasteiger partial charge in [0.05, 0.1) is 7.11 Å². The lowest BCUT2D eigenvalue weighted by molar-refractivity contribution is 0.0801. The van der Waals surface area contributed by atoms with Crippen molar-refractivity contribution in [2.24, 2.45) is 0 Å². The zero-order chi connectivity index (χ0) is 17.0. The number of benzene rings is 2. The van der Waals surface area contributed by atoms with Crippen LogP contribution >= 0.6 is 11.6 Å². The molecule has 2 aromatic rings. The molecule has 0 aliphatic rings. The van der Waals surface area contributed by atoms with Crippen LogP contribution in [0.1, 0.15) is 34.0 Å². The van der Waals surface area contributed by atoms with Gasteiger partial charge in [-0.15, -0.1) is 0 Å². The topological polar surface area (TPSA) is 29.5 Å². The largest absolute Gasteiger partial charge is 0.497 e. The van der Waals surface area contributed by atoms with E-state index in [2.05, 4.69) is 0 Å². The quantitative estimate of drug-likeness (QED) is 0.815. The Labute approximate surface area is 142 Å². The van der Waals surface area contributed by atoms with Gasteiger partial charge in [0.1, 0.15) is 5.75 Å². The number of rotatable bonds is 5. The number of ether oxygens (including phenoxy) is 1. The summed E-state index contributed by atoms with van der Waals surface area (Å²) in [5.74, 6) is 0.716. The monoisotopic (exact) mass is 331 g/mol. The van der Waals surface area contributed by atoms with Gasteiger partial charge in [-0.2, -0.15) is 0 Å². The van der Waals surface area contributed by atoms with E-state index < -0.39 is 0 Å². The van der Waals surface area contributed by atoms with Crippen molar-refractivity contribution in [2.45, 2.75) is 20.3 Å². The molecule has 0 aromatic heterocycles. The third kappa shape index (κ3) is 4.05. The predicted octanol–water partition coefficient (Wildman–Crippen LogP) is 4.34. The van der Waals surface area contributed by atoms with Gasteiger partial charge >= 0.3 is 0 Å². The molecule has 0 saturated carbocycles. The van der Waals surface area contributed by atoms with Gasteiger partial charge in [0.25, 0.3) is 5.91 Å². The molecule has 2 rings (SSSR count). The summed E-state index contributed by atoms with van der Waals surface area (Å²) < 4.78 is 5.38. The molecular formula is C19H22ClNO2. The smallest absolute Gasteiger partial charge is 0.253 e. The minimum Gasteiger partial charge on any atom is -0.497 e. The van der Waals surface area contributed by atoms with E-state index >= 15 is 0 Å². The Balaban J connectivity index is 2.42. The third-order valence-electron chi connectivity index (χ3n) is 4.08. The molecule has 0 fully saturated rings. The fourth-order valence-corrected chi connectivity index (χ4v) is 2.57. The van der Waals surface area contributed by atoms with Crippen LogP contribution in [-0.4, -0.2) is 31.5 Å². The van der Waals surface area contributed by atoms with Crippen LogP contribution in [0.2, 0.25) is 5.02 Å². The molecule has 0 atom stereocenters. The Morgan fingerprint density at radius 2 is 1.87 bits per heavy atom. The van der Waals surface area contributed by atoms with Crippen LogP contribution in [0.3, 0.4) is 0 Å². The second kappa shape index (κ2) is 7.51. The fraction of sp³-hybridized carbons (Fsp3) is 0.316. The molecule has 0 heterocycles. The average molecular weight is 332 g/mol. The highest BCUT2D eigenvalue weighted by Gasteiger charge is 2.17. The van der Waals surface area contributed by atoms with Crippen molar-refractivity contribution in [3.05, 3.63) is 63.7 Å². The Morgan fingerprint density at radius 1 is 1.22 bits per heavy atom. The summed E-state index contributed by atoms with van der Waals surface area (Å²) in [5.41, 5.74) is 3.91. The number of nitrogens with zero attached hydrogens (tertiary/aromatic N) is 1. The van der Waals surface area contributed by atoms with E-state index in [1.165, 1.54) is 0 Å². The van der Waals surface area contributed by atoms with Crippen molar-refractivity contribution >= 4 is 17.5 Å². The molecule has 0 aliphatic heterocycles. The number of methoxy groups -OCH3 is 1. The highest BCUT2D eigenvalue weighted by Crippen LogP contribution is 2.26. The molecule has 0 saturated heterocycles. The van der Waals surface area contributed by atoms with E-state index in [9.17, 15) is 4.79 Å². The standard InChI is InChI=1S/C19H22ClNO2/c1-5-21(3)19(22)18-12-17(23-4)11-15(13(18)2)10-14-6-8-16(20)9-7-14/h6-9,11-12H,5,10H2,1-4H3. The van der Waals surface area contributed by atoms with E-state index in [1.54, 1.807) is 19.1 Å². The summed E-state index contributed by atoms with van der Waals surface area (Å²) in [6.45, 7) is 4.62. The summed E-state index contributed by atoms with van der Waals surface area (Å²) in [4.78, 5) is 14.3. The minimum atomic E-state index is 0.0151. The van der Waals surface area contributed by atoms with Crippen molar-refractivity contribution in [2.75, 3.05) is 20.7 Å². The van der Waals surface area contributed by atoms with Crippen LogP contribution in [0.25, 0.3) is 0 Å². The maximum absolute atomic E-state index is 12.6. The van der Waals surface area contributed by atoms with Crippen LogP contribution in [0.4, 0.5) is 0 Å². The molecular weight excluding hydrogens is 310 g/mol. The van der Waals surface area contributed by atoms with Crippen LogP contribution in [0.5, 0.6) is 5.75 Å². The highest BCUT2D eigenvalue weighted by atomic mass is 35.5. The number of carbonyl (C=O) groups excluding carboxylic acids is 1. The first-order chi connectivity index (χ1) is 11.0. The van der Waals surface area contributed by atoms with Gasteiger partial charge in [0.15, 0.2) is 0 Å². The molecule has 0 unspecified atom stereocenters. The molecule has 0 radical (unpaired) electrons. The molecule has 23 heavy (non-hydrogen) atoms. The van der Waals surface area contributed by atoms with E-state index in [1.807, 2.05) is 50.2 Å². The molecule has 122 valence electrons. The van der Waals surface area contributed by atoms with Crippen LogP contribution < -0.4 is 4.74 Å². The van der Waals surface area contributed by atoms with E-state index in [4.69, 9.17) is 16.3 Å². The first-order valence-electron chi connectivity index (χ1n) is 7.63. The lowest BCUT2D eigenvalue weighted by atomic mass is 9.95. The van der Waals surface area contributed by atoms with Crippen LogP contribution in [-0.2, 0) is 6.42 Å². The van der Waals surface area contributed by atoms with Crippen molar-refractivity contribution in [3.63, 3.8) is 0 Å². The normalized spacial score (nSPS) is 10.5. The maximum atomic E-state index is 12.6. The summed E-state index contributed by atoms with van der Waals surface area (Å²) >= 11 is 5.94. The average Bonchev–Trinajstić information content (AvgIpc) is 2.57. The lowest BCUT2D eigenvalue weighted by Crippen LogP contribution is -2.27. The summed E-state index contributed by atoms with van der Waals surface area (Å²) in [6, 6.07) is 11.6. The Hall–Kier alpha value is -2.00. The third-order valence-corrected chi connectivity index (χ3v) is 4.34. The maximum Gasteiger partial charge on any atom is 0.253 e. The Morgan fingerprint density at radius 3 is 2.43 bits per heavy atom. The second-order valence-corrected chi connectivity index (χ2v) is 6.02. The molecule has 2 aromatic carbocycles. The molecule has 0 spiro atoms. The van der Waals surface area contributed by atoms with Crippen molar-refractivity contribution in [1.29, 1.82) is 0 Å². The van der Waals surface area contributed by atoms with Crippen molar-refractivity contribution < 1.29 is 9.53 Å². The molecule has 0 bridgehead atoms. The van der Waals surface area contributed by atoms with Gasteiger partial charge in [-0.3, -0.25) is 4.79 Å². The van der Waals surface area contributed by atoms with Crippen molar-refractivity contribution in [3.8, 4) is 5.75 Å².